The highest BCUT2D eigenvalue weighted by Gasteiger charge is 2.39. The molecule has 0 spiro atoms. The van der Waals surface area contributed by atoms with Gasteiger partial charge in [0.15, 0.2) is 0 Å². The molecule has 0 bridgehead atoms. The molecule has 0 aliphatic heterocycles. The Balaban J connectivity index is 3.20. The van der Waals surface area contributed by atoms with E-state index in [0.29, 0.717) is 5.56 Å². The monoisotopic (exact) mass is 393 g/mol. The lowest BCUT2D eigenvalue weighted by Crippen LogP contribution is -2.51. The van der Waals surface area contributed by atoms with E-state index in [9.17, 15) is 13.7 Å². The minimum atomic E-state index is -1.40. The summed E-state index contributed by atoms with van der Waals surface area (Å²) in [5, 5.41) is 0. The lowest BCUT2D eigenvalue weighted by Gasteiger charge is -2.34. The van der Waals surface area contributed by atoms with Crippen LogP contribution in [0.3, 0.4) is 0 Å². The molecule has 1 N–H and O–H groups in total. The second-order valence-electron chi connectivity index (χ2n) is 6.20. The first-order valence-corrected chi connectivity index (χ1v) is 8.66. The van der Waals surface area contributed by atoms with Crippen LogP contribution in [0.4, 0.5) is 4.39 Å². The SMILES string of the molecule is COC(=O)C[C@](C)(N[S+]([O-])C(C)(C)C)c1ccc(F)c(Br)c1. The van der Waals surface area contributed by atoms with E-state index in [1.165, 1.54) is 13.2 Å². The first kappa shape index (κ1) is 19.4. The third-order valence-electron chi connectivity index (χ3n) is 3.16. The van der Waals surface area contributed by atoms with E-state index in [4.69, 9.17) is 4.74 Å². The largest absolute Gasteiger partial charge is 0.598 e. The van der Waals surface area contributed by atoms with E-state index < -0.39 is 33.4 Å². The molecule has 1 rings (SSSR count). The number of rotatable bonds is 5. The summed E-state index contributed by atoms with van der Waals surface area (Å²) in [5.41, 5.74) is -0.301. The third-order valence-corrected chi connectivity index (χ3v) is 5.51. The van der Waals surface area contributed by atoms with Gasteiger partial charge in [0.2, 0.25) is 0 Å². The summed E-state index contributed by atoms with van der Waals surface area (Å²) >= 11 is 1.73. The minimum absolute atomic E-state index is 0.0244. The normalized spacial score (nSPS) is 16.0. The van der Waals surface area contributed by atoms with Gasteiger partial charge in [0.05, 0.1) is 23.5 Å². The first-order valence-electron chi connectivity index (χ1n) is 6.71. The van der Waals surface area contributed by atoms with Crippen LogP contribution in [-0.2, 0) is 26.4 Å². The maximum atomic E-state index is 13.4. The second kappa shape index (κ2) is 7.29. The Morgan fingerprint density at radius 2 is 2.00 bits per heavy atom. The molecule has 0 aromatic heterocycles. The lowest BCUT2D eigenvalue weighted by molar-refractivity contribution is -0.142. The van der Waals surface area contributed by atoms with Crippen LogP contribution in [0, 0.1) is 5.82 Å². The van der Waals surface area contributed by atoms with E-state index in [1.807, 2.05) is 20.8 Å². The van der Waals surface area contributed by atoms with Crippen molar-refractivity contribution in [3.05, 3.63) is 34.1 Å². The van der Waals surface area contributed by atoms with E-state index in [1.54, 1.807) is 19.1 Å². The van der Waals surface area contributed by atoms with Gasteiger partial charge < -0.3 is 9.29 Å². The van der Waals surface area contributed by atoms with Gasteiger partial charge in [-0.1, -0.05) is 6.07 Å². The van der Waals surface area contributed by atoms with Gasteiger partial charge in [0.25, 0.3) is 0 Å². The number of carbonyl (C=O) groups is 1. The molecule has 0 heterocycles. The highest BCUT2D eigenvalue weighted by molar-refractivity contribution is 9.10. The average Bonchev–Trinajstić information content (AvgIpc) is 2.40. The predicted octanol–water partition coefficient (Wildman–Crippen LogP) is 3.42. The molecule has 0 fully saturated rings. The number of ether oxygens (including phenoxy) is 1. The summed E-state index contributed by atoms with van der Waals surface area (Å²) in [5.74, 6) is -0.845. The van der Waals surface area contributed by atoms with Gasteiger partial charge in [-0.25, -0.2) is 4.39 Å². The first-order chi connectivity index (χ1) is 9.99. The number of halogens is 2. The number of nitrogens with one attached hydrogen (secondary N) is 1. The van der Waals surface area contributed by atoms with Crippen molar-refractivity contribution in [2.75, 3.05) is 7.11 Å². The van der Waals surface area contributed by atoms with Gasteiger partial charge in [-0.05, 0) is 61.3 Å². The molecule has 0 saturated heterocycles. The summed E-state index contributed by atoms with van der Waals surface area (Å²) in [6.45, 7) is 7.23. The van der Waals surface area contributed by atoms with Gasteiger partial charge in [-0.3, -0.25) is 4.79 Å². The molecule has 0 aliphatic rings. The maximum Gasteiger partial charge on any atom is 0.307 e. The van der Waals surface area contributed by atoms with Crippen molar-refractivity contribution >= 4 is 33.3 Å². The van der Waals surface area contributed by atoms with Crippen LogP contribution in [0.15, 0.2) is 22.7 Å². The zero-order valence-electron chi connectivity index (χ0n) is 13.3. The predicted molar refractivity (Wildman–Crippen MR) is 89.1 cm³/mol. The molecular weight excluding hydrogens is 373 g/mol. The van der Waals surface area contributed by atoms with Crippen molar-refractivity contribution in [2.45, 2.75) is 44.4 Å². The third kappa shape index (κ3) is 4.94. The van der Waals surface area contributed by atoms with E-state index in [2.05, 4.69) is 20.7 Å². The molecule has 1 aromatic rings. The quantitative estimate of drug-likeness (QED) is 0.614. The number of benzene rings is 1. The van der Waals surface area contributed by atoms with Crippen LogP contribution in [0.25, 0.3) is 0 Å². The molecule has 0 amide bonds. The molecule has 0 radical (unpaired) electrons. The fourth-order valence-corrected chi connectivity index (χ4v) is 3.04. The van der Waals surface area contributed by atoms with Crippen molar-refractivity contribution in [3.8, 4) is 0 Å². The van der Waals surface area contributed by atoms with Crippen LogP contribution in [-0.4, -0.2) is 22.4 Å². The van der Waals surface area contributed by atoms with Gasteiger partial charge in [-0.2, -0.15) is 0 Å². The molecule has 0 saturated carbocycles. The highest BCUT2D eigenvalue weighted by atomic mass is 79.9. The maximum absolute atomic E-state index is 13.4. The number of hydrogen-bond acceptors (Lipinski definition) is 4. The molecule has 4 nitrogen and oxygen atoms in total. The fraction of sp³-hybridized carbons (Fsp3) is 0.533. The Hall–Kier alpha value is -0.630. The Morgan fingerprint density at radius 3 is 2.45 bits per heavy atom. The molecule has 1 unspecified atom stereocenters. The molecule has 1 aromatic carbocycles. The lowest BCUT2D eigenvalue weighted by atomic mass is 9.90. The molecule has 2 atom stereocenters. The standard InChI is InChI=1S/C15H21BrFNO3S/c1-14(2,3)22(20)18-15(4,9-13(19)21-5)10-6-7-12(17)11(16)8-10/h6-8,18H,9H2,1-5H3/t15-,22?/m0/s1. The van der Waals surface area contributed by atoms with Crippen LogP contribution in [0.5, 0.6) is 0 Å². The number of carbonyl (C=O) groups excluding carboxylic acids is 1. The summed E-state index contributed by atoms with van der Waals surface area (Å²) in [6, 6.07) is 4.44. The molecule has 0 aliphatic carbocycles. The molecule has 7 heteroatoms. The van der Waals surface area contributed by atoms with Gasteiger partial charge in [0, 0.05) is 11.4 Å². The van der Waals surface area contributed by atoms with E-state index in [-0.39, 0.29) is 10.9 Å². The Labute approximate surface area is 142 Å². The average molecular weight is 394 g/mol. The molecular formula is C15H21BrFNO3S. The van der Waals surface area contributed by atoms with Gasteiger partial charge in [-0.15, -0.1) is 4.72 Å². The van der Waals surface area contributed by atoms with E-state index >= 15 is 0 Å². The van der Waals surface area contributed by atoms with Crippen LogP contribution >= 0.6 is 15.9 Å². The smallest absolute Gasteiger partial charge is 0.307 e. The second-order valence-corrected chi connectivity index (χ2v) is 9.02. The summed E-state index contributed by atoms with van der Waals surface area (Å²) < 4.78 is 33.4. The van der Waals surface area contributed by atoms with Crippen LogP contribution in [0.1, 0.15) is 39.7 Å². The zero-order valence-corrected chi connectivity index (χ0v) is 15.7. The number of esters is 1. The fourth-order valence-electron chi connectivity index (χ4n) is 1.75. The van der Waals surface area contributed by atoms with Crippen molar-refractivity contribution < 1.29 is 18.5 Å². The van der Waals surface area contributed by atoms with Gasteiger partial charge in [0.1, 0.15) is 10.6 Å². The van der Waals surface area contributed by atoms with Crippen molar-refractivity contribution in [3.63, 3.8) is 0 Å². The minimum Gasteiger partial charge on any atom is -0.598 e. The van der Waals surface area contributed by atoms with Gasteiger partial charge >= 0.3 is 5.97 Å². The summed E-state index contributed by atoms with van der Waals surface area (Å²) in [7, 11) is 1.30. The zero-order chi connectivity index (χ0) is 17.1. The summed E-state index contributed by atoms with van der Waals surface area (Å²) in [6.07, 6.45) is -0.0244. The molecule has 124 valence electrons. The summed E-state index contributed by atoms with van der Waals surface area (Å²) in [4.78, 5) is 11.7. The topological polar surface area (TPSA) is 61.4 Å². The van der Waals surface area contributed by atoms with Crippen molar-refractivity contribution in [1.29, 1.82) is 0 Å². The van der Waals surface area contributed by atoms with E-state index in [0.717, 1.165) is 0 Å². The number of methoxy groups -OCH3 is 1. The Kier molecular flexibility index (Phi) is 6.44. The van der Waals surface area contributed by atoms with Crippen LogP contribution < -0.4 is 4.72 Å². The highest BCUT2D eigenvalue weighted by Crippen LogP contribution is 2.31. The number of hydrogen-bond donors (Lipinski definition) is 1. The van der Waals surface area contributed by atoms with Crippen LogP contribution in [0.2, 0.25) is 0 Å². The molecule has 22 heavy (non-hydrogen) atoms. The Bertz CT molecular complexity index is 550. The van der Waals surface area contributed by atoms with Crippen molar-refractivity contribution in [2.24, 2.45) is 0 Å². The Morgan fingerprint density at radius 1 is 1.41 bits per heavy atom. The van der Waals surface area contributed by atoms with Crippen molar-refractivity contribution in [1.82, 2.24) is 4.72 Å².